The first-order chi connectivity index (χ1) is 8.94. The van der Waals surface area contributed by atoms with Crippen molar-refractivity contribution in [3.63, 3.8) is 0 Å². The van der Waals surface area contributed by atoms with Crippen LogP contribution < -0.4 is 5.14 Å². The zero-order valence-corrected chi connectivity index (χ0v) is 12.1. The number of likely N-dealkylation sites (tertiary alicyclic amines) is 1. The average Bonchev–Trinajstić information content (AvgIpc) is 2.88. The maximum absolute atomic E-state index is 10.9. The summed E-state index contributed by atoms with van der Waals surface area (Å²) in [6.45, 7) is 4.74. The van der Waals surface area contributed by atoms with Crippen LogP contribution in [0.1, 0.15) is 24.8 Å². The normalized spacial score (nSPS) is 21.1. The third-order valence-corrected chi connectivity index (χ3v) is 4.39. The number of nitrogens with two attached hydrogens (primary N) is 1. The fourth-order valence-electron chi connectivity index (χ4n) is 2.65. The van der Waals surface area contributed by atoms with Crippen LogP contribution in [0.15, 0.2) is 12.4 Å². The molecule has 1 saturated heterocycles. The fraction of sp³-hybridized carbons (Fsp3) is 0.750. The van der Waals surface area contributed by atoms with Gasteiger partial charge >= 0.3 is 0 Å². The van der Waals surface area contributed by atoms with E-state index in [1.165, 1.54) is 12.0 Å². The van der Waals surface area contributed by atoms with Gasteiger partial charge in [-0.2, -0.15) is 5.10 Å². The van der Waals surface area contributed by atoms with Gasteiger partial charge in [0.25, 0.3) is 0 Å². The zero-order valence-electron chi connectivity index (χ0n) is 11.3. The maximum atomic E-state index is 10.9. The highest BCUT2D eigenvalue weighted by molar-refractivity contribution is 7.89. The molecule has 0 aliphatic carbocycles. The van der Waals surface area contributed by atoms with Crippen LogP contribution in [0.5, 0.6) is 0 Å². The van der Waals surface area contributed by atoms with E-state index in [1.54, 1.807) is 0 Å². The van der Waals surface area contributed by atoms with E-state index in [-0.39, 0.29) is 5.75 Å². The first-order valence-corrected chi connectivity index (χ1v) is 8.39. The maximum Gasteiger partial charge on any atom is 0.209 e. The third kappa shape index (κ3) is 4.59. The van der Waals surface area contributed by atoms with E-state index in [9.17, 15) is 8.42 Å². The number of aromatic nitrogens is 2. The summed E-state index contributed by atoms with van der Waals surface area (Å²) < 4.78 is 23.8. The Kier molecular flexibility index (Phi) is 4.59. The van der Waals surface area contributed by atoms with Gasteiger partial charge < -0.3 is 0 Å². The largest absolute Gasteiger partial charge is 0.299 e. The van der Waals surface area contributed by atoms with Gasteiger partial charge in [0.05, 0.1) is 18.5 Å². The molecule has 19 heavy (non-hydrogen) atoms. The van der Waals surface area contributed by atoms with Crippen molar-refractivity contribution in [1.29, 1.82) is 0 Å². The van der Waals surface area contributed by atoms with E-state index in [0.717, 1.165) is 26.1 Å². The molecule has 1 aromatic heterocycles. The predicted molar refractivity (Wildman–Crippen MR) is 74.2 cm³/mol. The Balaban J connectivity index is 1.83. The molecule has 0 amide bonds. The number of hydrogen-bond acceptors (Lipinski definition) is 4. The molecule has 7 heteroatoms. The SMILES string of the molecule is Cc1cnn(C[C@H]2CCCN2CCCS(N)(=O)=O)c1. The molecule has 0 bridgehead atoms. The Labute approximate surface area is 114 Å². The molecule has 1 aromatic rings. The van der Waals surface area contributed by atoms with E-state index in [1.807, 2.05) is 24.0 Å². The summed E-state index contributed by atoms with van der Waals surface area (Å²) in [6.07, 6.45) is 6.82. The van der Waals surface area contributed by atoms with Gasteiger partial charge in [-0.05, 0) is 44.8 Å². The Bertz CT molecular complexity index is 512. The average molecular weight is 286 g/mol. The summed E-state index contributed by atoms with van der Waals surface area (Å²) in [5.41, 5.74) is 1.17. The van der Waals surface area contributed by atoms with Crippen LogP contribution in [0, 0.1) is 6.92 Å². The minimum absolute atomic E-state index is 0.0666. The van der Waals surface area contributed by atoms with Crippen molar-refractivity contribution in [3.8, 4) is 0 Å². The summed E-state index contributed by atoms with van der Waals surface area (Å²) in [5, 5.41) is 9.33. The molecule has 1 aliphatic rings. The molecule has 0 aromatic carbocycles. The molecular weight excluding hydrogens is 264 g/mol. The second-order valence-electron chi connectivity index (χ2n) is 5.29. The summed E-state index contributed by atoms with van der Waals surface area (Å²) in [4.78, 5) is 2.35. The summed E-state index contributed by atoms with van der Waals surface area (Å²) in [5.74, 6) is 0.0666. The number of sulfonamides is 1. The van der Waals surface area contributed by atoms with Crippen molar-refractivity contribution in [2.24, 2.45) is 5.14 Å². The highest BCUT2D eigenvalue weighted by Crippen LogP contribution is 2.19. The number of primary sulfonamides is 1. The topological polar surface area (TPSA) is 81.2 Å². The Morgan fingerprint density at radius 3 is 2.95 bits per heavy atom. The molecule has 2 rings (SSSR count). The quantitative estimate of drug-likeness (QED) is 0.817. The van der Waals surface area contributed by atoms with Gasteiger partial charge in [-0.25, -0.2) is 13.6 Å². The van der Waals surface area contributed by atoms with Gasteiger partial charge in [0.15, 0.2) is 0 Å². The molecule has 2 N–H and O–H groups in total. The second-order valence-corrected chi connectivity index (χ2v) is 7.03. The Hall–Kier alpha value is -0.920. The van der Waals surface area contributed by atoms with Crippen LogP contribution in [0.2, 0.25) is 0 Å². The van der Waals surface area contributed by atoms with Gasteiger partial charge in [-0.1, -0.05) is 0 Å². The third-order valence-electron chi connectivity index (χ3n) is 3.53. The standard InChI is InChI=1S/C12H22N4O2S/c1-11-8-14-16(9-11)10-12-4-2-5-15(12)6-3-7-19(13,17)18/h8-9,12H,2-7,10H2,1H3,(H2,13,17,18)/t12-/m1/s1. The second kappa shape index (κ2) is 6.02. The van der Waals surface area contributed by atoms with Crippen LogP contribution in [0.4, 0.5) is 0 Å². The molecule has 1 fully saturated rings. The summed E-state index contributed by atoms with van der Waals surface area (Å²) in [6, 6.07) is 0.458. The van der Waals surface area contributed by atoms with Crippen LogP contribution in [-0.2, 0) is 16.6 Å². The highest BCUT2D eigenvalue weighted by atomic mass is 32.2. The van der Waals surface area contributed by atoms with Gasteiger partial charge in [-0.3, -0.25) is 9.58 Å². The van der Waals surface area contributed by atoms with Crippen molar-refractivity contribution in [1.82, 2.24) is 14.7 Å². The van der Waals surface area contributed by atoms with E-state index >= 15 is 0 Å². The lowest BCUT2D eigenvalue weighted by Crippen LogP contribution is -2.35. The molecule has 0 radical (unpaired) electrons. The lowest BCUT2D eigenvalue weighted by atomic mass is 10.2. The first-order valence-electron chi connectivity index (χ1n) is 6.67. The van der Waals surface area contributed by atoms with Crippen LogP contribution in [0.25, 0.3) is 0 Å². The molecule has 1 atom stereocenters. The van der Waals surface area contributed by atoms with E-state index in [4.69, 9.17) is 5.14 Å². The first kappa shape index (κ1) is 14.5. The fourth-order valence-corrected chi connectivity index (χ4v) is 3.18. The highest BCUT2D eigenvalue weighted by Gasteiger charge is 2.24. The lowest BCUT2D eigenvalue weighted by Gasteiger charge is -2.24. The molecule has 1 aliphatic heterocycles. The smallest absolute Gasteiger partial charge is 0.209 e. The van der Waals surface area contributed by atoms with Crippen molar-refractivity contribution < 1.29 is 8.42 Å². The van der Waals surface area contributed by atoms with Crippen molar-refractivity contribution in [2.75, 3.05) is 18.8 Å². The number of nitrogens with zero attached hydrogens (tertiary/aromatic N) is 3. The molecular formula is C12H22N4O2S. The number of aryl methyl sites for hydroxylation is 1. The van der Waals surface area contributed by atoms with Gasteiger partial charge in [0.2, 0.25) is 10.0 Å². The minimum atomic E-state index is -3.33. The van der Waals surface area contributed by atoms with Crippen LogP contribution >= 0.6 is 0 Å². The number of rotatable bonds is 6. The Morgan fingerprint density at radius 2 is 2.32 bits per heavy atom. The number of hydrogen-bond donors (Lipinski definition) is 1. The van der Waals surface area contributed by atoms with Crippen molar-refractivity contribution in [3.05, 3.63) is 18.0 Å². The van der Waals surface area contributed by atoms with Crippen molar-refractivity contribution in [2.45, 2.75) is 38.8 Å². The monoisotopic (exact) mass is 286 g/mol. The van der Waals surface area contributed by atoms with Crippen LogP contribution in [0.3, 0.4) is 0 Å². The van der Waals surface area contributed by atoms with Crippen LogP contribution in [-0.4, -0.2) is 48.0 Å². The molecule has 0 spiro atoms. The van der Waals surface area contributed by atoms with Crippen molar-refractivity contribution >= 4 is 10.0 Å². The van der Waals surface area contributed by atoms with E-state index in [0.29, 0.717) is 12.5 Å². The zero-order chi connectivity index (χ0) is 13.9. The predicted octanol–water partition coefficient (Wildman–Crippen LogP) is 0.335. The molecule has 0 saturated carbocycles. The molecule has 108 valence electrons. The Morgan fingerprint density at radius 1 is 1.53 bits per heavy atom. The minimum Gasteiger partial charge on any atom is -0.299 e. The van der Waals surface area contributed by atoms with E-state index < -0.39 is 10.0 Å². The molecule has 6 nitrogen and oxygen atoms in total. The van der Waals surface area contributed by atoms with E-state index in [2.05, 4.69) is 10.00 Å². The summed E-state index contributed by atoms with van der Waals surface area (Å²) >= 11 is 0. The van der Waals surface area contributed by atoms with Gasteiger partial charge in [0, 0.05) is 12.2 Å². The molecule has 2 heterocycles. The molecule has 0 unspecified atom stereocenters. The summed E-state index contributed by atoms with van der Waals surface area (Å²) in [7, 11) is -3.33. The van der Waals surface area contributed by atoms with Gasteiger partial charge in [-0.15, -0.1) is 0 Å². The van der Waals surface area contributed by atoms with Gasteiger partial charge in [0.1, 0.15) is 0 Å². The lowest BCUT2D eigenvalue weighted by molar-refractivity contribution is 0.228.